The number of likely N-dealkylation sites (tertiary alicyclic amines) is 1. The average Bonchev–Trinajstić information content (AvgIpc) is 2.48. The summed E-state index contributed by atoms with van der Waals surface area (Å²) in [6, 6.07) is 0. The first-order valence-corrected chi connectivity index (χ1v) is 5.17. The molecule has 13 heavy (non-hydrogen) atoms. The lowest BCUT2D eigenvalue weighted by molar-refractivity contribution is 0.342. The Bertz CT molecular complexity index is 156. The van der Waals surface area contributed by atoms with Crippen LogP contribution in [0.3, 0.4) is 0 Å². The summed E-state index contributed by atoms with van der Waals surface area (Å²) in [5.41, 5.74) is 5.74. The van der Waals surface area contributed by atoms with E-state index in [2.05, 4.69) is 31.1 Å². The molecule has 1 fully saturated rings. The van der Waals surface area contributed by atoms with Crippen molar-refractivity contribution in [3.05, 3.63) is 0 Å². The summed E-state index contributed by atoms with van der Waals surface area (Å²) in [5.74, 6) is 0.816. The monoisotopic (exact) mass is 185 g/mol. The smallest absolute Gasteiger partial charge is 0.0247 e. The van der Waals surface area contributed by atoms with Crippen molar-refractivity contribution in [3.8, 4) is 0 Å². The molecule has 1 atom stereocenters. The van der Waals surface area contributed by atoms with E-state index in [0.717, 1.165) is 12.5 Å². The van der Waals surface area contributed by atoms with Crippen molar-refractivity contribution in [3.63, 3.8) is 0 Å². The second-order valence-corrected chi connectivity index (χ2v) is 4.89. The second-order valence-electron chi connectivity index (χ2n) is 4.89. The number of rotatable bonds is 4. The molecule has 3 heteroatoms. The lowest BCUT2D eigenvalue weighted by Crippen LogP contribution is -2.47. The zero-order valence-electron chi connectivity index (χ0n) is 9.14. The largest absolute Gasteiger partial charge is 0.329 e. The van der Waals surface area contributed by atoms with Gasteiger partial charge in [0.1, 0.15) is 0 Å². The molecule has 0 aromatic rings. The van der Waals surface area contributed by atoms with Crippen molar-refractivity contribution in [1.29, 1.82) is 0 Å². The Hall–Kier alpha value is -0.120. The molecule has 0 amide bonds. The molecule has 0 spiro atoms. The number of hydrogen-bond donors (Lipinski definition) is 2. The molecule has 1 aliphatic heterocycles. The third-order valence-electron chi connectivity index (χ3n) is 2.87. The molecule has 1 aliphatic rings. The Morgan fingerprint density at radius 3 is 2.69 bits per heavy atom. The first kappa shape index (κ1) is 11.0. The Labute approximate surface area is 81.7 Å². The molecule has 0 bridgehead atoms. The summed E-state index contributed by atoms with van der Waals surface area (Å²) in [5, 5.41) is 3.52. The summed E-state index contributed by atoms with van der Waals surface area (Å²) in [7, 11) is 2.19. The maximum atomic E-state index is 5.65. The highest BCUT2D eigenvalue weighted by Crippen LogP contribution is 2.14. The summed E-state index contributed by atoms with van der Waals surface area (Å²) < 4.78 is 0. The van der Waals surface area contributed by atoms with Gasteiger partial charge in [-0.05, 0) is 46.3 Å². The minimum Gasteiger partial charge on any atom is -0.329 e. The molecular weight excluding hydrogens is 162 g/mol. The normalized spacial score (nSPS) is 25.4. The summed E-state index contributed by atoms with van der Waals surface area (Å²) >= 11 is 0. The third kappa shape index (κ3) is 3.63. The summed E-state index contributed by atoms with van der Waals surface area (Å²) in [6.07, 6.45) is 1.32. The van der Waals surface area contributed by atoms with Gasteiger partial charge in [0.15, 0.2) is 0 Å². The van der Waals surface area contributed by atoms with Crippen LogP contribution < -0.4 is 11.1 Å². The van der Waals surface area contributed by atoms with Crippen LogP contribution in [0.5, 0.6) is 0 Å². The van der Waals surface area contributed by atoms with E-state index in [1.54, 1.807) is 0 Å². The van der Waals surface area contributed by atoms with Gasteiger partial charge in [0.05, 0.1) is 0 Å². The van der Waals surface area contributed by atoms with Crippen LogP contribution >= 0.6 is 0 Å². The van der Waals surface area contributed by atoms with Crippen molar-refractivity contribution < 1.29 is 0 Å². The van der Waals surface area contributed by atoms with Gasteiger partial charge in [0.2, 0.25) is 0 Å². The first-order valence-electron chi connectivity index (χ1n) is 5.17. The van der Waals surface area contributed by atoms with Gasteiger partial charge >= 0.3 is 0 Å². The van der Waals surface area contributed by atoms with Gasteiger partial charge in [-0.15, -0.1) is 0 Å². The highest BCUT2D eigenvalue weighted by Gasteiger charge is 2.22. The van der Waals surface area contributed by atoms with Crippen molar-refractivity contribution in [2.75, 3.05) is 33.2 Å². The van der Waals surface area contributed by atoms with Crippen molar-refractivity contribution >= 4 is 0 Å². The topological polar surface area (TPSA) is 41.3 Å². The highest BCUT2D eigenvalue weighted by molar-refractivity contribution is 4.82. The van der Waals surface area contributed by atoms with Gasteiger partial charge in [-0.1, -0.05) is 0 Å². The Morgan fingerprint density at radius 2 is 2.23 bits per heavy atom. The molecule has 3 nitrogen and oxygen atoms in total. The standard InChI is InChI=1S/C10H23N3/c1-10(2,8-11)12-6-9-4-5-13(3)7-9/h9,12H,4-8,11H2,1-3H3. The van der Waals surface area contributed by atoms with Crippen LogP contribution in [-0.2, 0) is 0 Å². The van der Waals surface area contributed by atoms with E-state index < -0.39 is 0 Å². The molecule has 0 aromatic carbocycles. The van der Waals surface area contributed by atoms with E-state index >= 15 is 0 Å². The highest BCUT2D eigenvalue weighted by atomic mass is 15.1. The fourth-order valence-corrected chi connectivity index (χ4v) is 1.69. The molecule has 1 unspecified atom stereocenters. The van der Waals surface area contributed by atoms with Crippen LogP contribution in [-0.4, -0.2) is 43.7 Å². The van der Waals surface area contributed by atoms with E-state index in [-0.39, 0.29) is 5.54 Å². The van der Waals surface area contributed by atoms with Gasteiger partial charge < -0.3 is 16.0 Å². The first-order chi connectivity index (χ1) is 6.03. The van der Waals surface area contributed by atoms with Crippen LogP contribution in [0.25, 0.3) is 0 Å². The minimum absolute atomic E-state index is 0.0984. The minimum atomic E-state index is 0.0984. The number of hydrogen-bond acceptors (Lipinski definition) is 3. The summed E-state index contributed by atoms with van der Waals surface area (Å²) in [4.78, 5) is 2.39. The predicted octanol–water partition coefficient (Wildman–Crippen LogP) is 0.265. The lowest BCUT2D eigenvalue weighted by Gasteiger charge is -2.26. The third-order valence-corrected chi connectivity index (χ3v) is 2.87. The van der Waals surface area contributed by atoms with E-state index in [0.29, 0.717) is 6.54 Å². The zero-order chi connectivity index (χ0) is 9.90. The fourth-order valence-electron chi connectivity index (χ4n) is 1.69. The molecule has 3 N–H and O–H groups in total. The Balaban J connectivity index is 2.19. The van der Waals surface area contributed by atoms with E-state index in [1.807, 2.05) is 0 Å². The van der Waals surface area contributed by atoms with Crippen LogP contribution in [0.1, 0.15) is 20.3 Å². The Morgan fingerprint density at radius 1 is 1.54 bits per heavy atom. The van der Waals surface area contributed by atoms with E-state index in [1.165, 1.54) is 19.5 Å². The lowest BCUT2D eigenvalue weighted by atomic mass is 10.0. The molecule has 1 heterocycles. The van der Waals surface area contributed by atoms with Gasteiger partial charge in [0, 0.05) is 18.6 Å². The molecule has 1 saturated heterocycles. The summed E-state index contributed by atoms with van der Waals surface area (Å²) in [6.45, 7) is 8.60. The van der Waals surface area contributed by atoms with E-state index in [4.69, 9.17) is 5.73 Å². The van der Waals surface area contributed by atoms with Crippen LogP contribution in [0.15, 0.2) is 0 Å². The van der Waals surface area contributed by atoms with Crippen molar-refractivity contribution in [2.24, 2.45) is 11.7 Å². The number of nitrogens with two attached hydrogens (primary N) is 1. The predicted molar refractivity (Wildman–Crippen MR) is 56.7 cm³/mol. The number of nitrogens with one attached hydrogen (secondary N) is 1. The maximum Gasteiger partial charge on any atom is 0.0247 e. The van der Waals surface area contributed by atoms with Gasteiger partial charge in [-0.3, -0.25) is 0 Å². The molecule has 0 radical (unpaired) electrons. The molecule has 0 aliphatic carbocycles. The maximum absolute atomic E-state index is 5.65. The van der Waals surface area contributed by atoms with Crippen LogP contribution in [0.2, 0.25) is 0 Å². The average molecular weight is 185 g/mol. The van der Waals surface area contributed by atoms with E-state index in [9.17, 15) is 0 Å². The van der Waals surface area contributed by atoms with Crippen molar-refractivity contribution in [1.82, 2.24) is 10.2 Å². The molecule has 78 valence electrons. The van der Waals surface area contributed by atoms with Crippen LogP contribution in [0, 0.1) is 5.92 Å². The molecule has 0 saturated carbocycles. The van der Waals surface area contributed by atoms with Gasteiger partial charge in [-0.25, -0.2) is 0 Å². The quantitative estimate of drug-likeness (QED) is 0.660. The number of nitrogens with zero attached hydrogens (tertiary/aromatic N) is 1. The molecule has 1 rings (SSSR count). The molecular formula is C10H23N3. The SMILES string of the molecule is CN1CCC(CNC(C)(C)CN)C1. The van der Waals surface area contributed by atoms with Gasteiger partial charge in [-0.2, -0.15) is 0 Å². The van der Waals surface area contributed by atoms with Gasteiger partial charge in [0.25, 0.3) is 0 Å². The van der Waals surface area contributed by atoms with Crippen molar-refractivity contribution in [2.45, 2.75) is 25.8 Å². The zero-order valence-corrected chi connectivity index (χ0v) is 9.14. The van der Waals surface area contributed by atoms with Crippen LogP contribution in [0.4, 0.5) is 0 Å². The Kier molecular flexibility index (Phi) is 3.71. The molecule has 0 aromatic heterocycles. The second kappa shape index (κ2) is 4.40. The fraction of sp³-hybridized carbons (Fsp3) is 1.00.